The van der Waals surface area contributed by atoms with Gasteiger partial charge in [-0.2, -0.15) is 5.10 Å². The standard InChI is InChI=1S/C19H19N3O2/c1-3-22-18(12-14(2)21-22)20-19(23)15-8-7-11-17(13-15)24-16-9-5-4-6-10-16/h4-13H,3H2,1-2H3,(H,20,23). The predicted octanol–water partition coefficient (Wildman–Crippen LogP) is 4.26. The fourth-order valence-corrected chi connectivity index (χ4v) is 2.40. The molecule has 5 heteroatoms. The van der Waals surface area contributed by atoms with Gasteiger partial charge in [0.1, 0.15) is 17.3 Å². The van der Waals surface area contributed by atoms with Gasteiger partial charge in [-0.25, -0.2) is 4.68 Å². The first-order valence-corrected chi connectivity index (χ1v) is 7.84. The Morgan fingerprint density at radius 1 is 1.08 bits per heavy atom. The van der Waals surface area contributed by atoms with E-state index in [4.69, 9.17) is 4.74 Å². The number of carbonyl (C=O) groups excluding carboxylic acids is 1. The largest absolute Gasteiger partial charge is 0.457 e. The third-order valence-electron chi connectivity index (χ3n) is 3.52. The number of hydrogen-bond donors (Lipinski definition) is 1. The molecule has 1 amide bonds. The summed E-state index contributed by atoms with van der Waals surface area (Å²) in [7, 11) is 0. The second-order valence-corrected chi connectivity index (χ2v) is 5.38. The molecule has 0 bridgehead atoms. The van der Waals surface area contributed by atoms with Gasteiger partial charge in [-0.1, -0.05) is 24.3 Å². The van der Waals surface area contributed by atoms with Crippen molar-refractivity contribution in [3.63, 3.8) is 0 Å². The summed E-state index contributed by atoms with van der Waals surface area (Å²) in [5.41, 5.74) is 1.40. The molecule has 0 aliphatic rings. The van der Waals surface area contributed by atoms with Crippen LogP contribution in [-0.4, -0.2) is 15.7 Å². The van der Waals surface area contributed by atoms with Gasteiger partial charge in [0.15, 0.2) is 0 Å². The molecule has 0 aliphatic carbocycles. The van der Waals surface area contributed by atoms with E-state index in [2.05, 4.69) is 10.4 Å². The lowest BCUT2D eigenvalue weighted by Gasteiger charge is -2.09. The van der Waals surface area contributed by atoms with Gasteiger partial charge >= 0.3 is 0 Å². The van der Waals surface area contributed by atoms with Crippen LogP contribution in [0.5, 0.6) is 11.5 Å². The number of benzene rings is 2. The van der Waals surface area contributed by atoms with Gasteiger partial charge in [0.05, 0.1) is 5.69 Å². The van der Waals surface area contributed by atoms with Crippen LogP contribution in [0, 0.1) is 6.92 Å². The Kier molecular flexibility index (Phi) is 4.61. The first-order valence-electron chi connectivity index (χ1n) is 7.84. The van der Waals surface area contributed by atoms with E-state index in [0.29, 0.717) is 23.7 Å². The maximum absolute atomic E-state index is 12.5. The van der Waals surface area contributed by atoms with E-state index in [1.807, 2.05) is 56.3 Å². The first kappa shape index (κ1) is 15.8. The topological polar surface area (TPSA) is 56.2 Å². The van der Waals surface area contributed by atoms with E-state index >= 15 is 0 Å². The predicted molar refractivity (Wildman–Crippen MR) is 93.5 cm³/mol. The minimum absolute atomic E-state index is 0.192. The van der Waals surface area contributed by atoms with E-state index in [1.165, 1.54) is 0 Å². The Bertz CT molecular complexity index is 841. The van der Waals surface area contributed by atoms with Crippen LogP contribution in [0.15, 0.2) is 60.7 Å². The molecule has 5 nitrogen and oxygen atoms in total. The number of nitrogens with one attached hydrogen (secondary N) is 1. The van der Waals surface area contributed by atoms with Gasteiger partial charge in [0.25, 0.3) is 5.91 Å². The normalized spacial score (nSPS) is 10.4. The quantitative estimate of drug-likeness (QED) is 0.764. The Labute approximate surface area is 140 Å². The van der Waals surface area contributed by atoms with Crippen molar-refractivity contribution >= 4 is 11.7 Å². The molecule has 1 heterocycles. The van der Waals surface area contributed by atoms with Crippen molar-refractivity contribution in [3.8, 4) is 11.5 Å². The summed E-state index contributed by atoms with van der Waals surface area (Å²) in [5, 5.41) is 7.22. The number of para-hydroxylation sites is 1. The van der Waals surface area contributed by atoms with Crippen molar-refractivity contribution in [2.45, 2.75) is 20.4 Å². The van der Waals surface area contributed by atoms with Gasteiger partial charge < -0.3 is 10.1 Å². The molecular formula is C19H19N3O2. The van der Waals surface area contributed by atoms with Crippen LogP contribution < -0.4 is 10.1 Å². The van der Waals surface area contributed by atoms with Crippen molar-refractivity contribution in [1.29, 1.82) is 0 Å². The van der Waals surface area contributed by atoms with E-state index in [-0.39, 0.29) is 5.91 Å². The molecule has 3 aromatic rings. The van der Waals surface area contributed by atoms with E-state index in [9.17, 15) is 4.79 Å². The highest BCUT2D eigenvalue weighted by atomic mass is 16.5. The highest BCUT2D eigenvalue weighted by molar-refractivity contribution is 6.04. The Morgan fingerprint density at radius 2 is 1.83 bits per heavy atom. The lowest BCUT2D eigenvalue weighted by molar-refractivity contribution is 0.102. The fraction of sp³-hybridized carbons (Fsp3) is 0.158. The highest BCUT2D eigenvalue weighted by Gasteiger charge is 2.11. The molecule has 0 aliphatic heterocycles. The average Bonchev–Trinajstić information content (AvgIpc) is 2.95. The molecule has 0 fully saturated rings. The molecule has 2 aromatic carbocycles. The summed E-state index contributed by atoms with van der Waals surface area (Å²) in [4.78, 5) is 12.5. The number of carbonyl (C=O) groups is 1. The van der Waals surface area contributed by atoms with E-state index < -0.39 is 0 Å². The number of rotatable bonds is 5. The SMILES string of the molecule is CCn1nc(C)cc1NC(=O)c1cccc(Oc2ccccc2)c1. The fourth-order valence-electron chi connectivity index (χ4n) is 2.40. The van der Waals surface area contributed by atoms with Gasteiger partial charge in [-0.05, 0) is 44.2 Å². The monoisotopic (exact) mass is 321 g/mol. The average molecular weight is 321 g/mol. The Hall–Kier alpha value is -3.08. The zero-order valence-corrected chi connectivity index (χ0v) is 13.7. The van der Waals surface area contributed by atoms with Crippen molar-refractivity contribution in [1.82, 2.24) is 9.78 Å². The molecule has 3 rings (SSSR count). The number of anilines is 1. The highest BCUT2D eigenvalue weighted by Crippen LogP contribution is 2.22. The van der Waals surface area contributed by atoms with Crippen molar-refractivity contribution in [3.05, 3.63) is 71.9 Å². The summed E-state index contributed by atoms with van der Waals surface area (Å²) in [6.07, 6.45) is 0. The van der Waals surface area contributed by atoms with Crippen LogP contribution in [0.2, 0.25) is 0 Å². The van der Waals surface area contributed by atoms with Crippen molar-refractivity contribution in [2.24, 2.45) is 0 Å². The molecular weight excluding hydrogens is 302 g/mol. The maximum Gasteiger partial charge on any atom is 0.256 e. The van der Waals surface area contributed by atoms with Gasteiger partial charge in [0, 0.05) is 18.2 Å². The number of aryl methyl sites for hydroxylation is 2. The second-order valence-electron chi connectivity index (χ2n) is 5.38. The number of aromatic nitrogens is 2. The zero-order valence-electron chi connectivity index (χ0n) is 13.7. The molecule has 122 valence electrons. The summed E-state index contributed by atoms with van der Waals surface area (Å²) in [5.74, 6) is 1.85. The van der Waals surface area contributed by atoms with E-state index in [1.54, 1.807) is 22.9 Å². The summed E-state index contributed by atoms with van der Waals surface area (Å²) in [6.45, 7) is 4.58. The smallest absolute Gasteiger partial charge is 0.256 e. The molecule has 1 aromatic heterocycles. The third-order valence-corrected chi connectivity index (χ3v) is 3.52. The molecule has 0 spiro atoms. The second kappa shape index (κ2) is 7.00. The van der Waals surface area contributed by atoms with Gasteiger partial charge in [0.2, 0.25) is 0 Å². The number of nitrogens with zero attached hydrogens (tertiary/aromatic N) is 2. The molecule has 0 radical (unpaired) electrons. The molecule has 24 heavy (non-hydrogen) atoms. The summed E-state index contributed by atoms with van der Waals surface area (Å²) >= 11 is 0. The lowest BCUT2D eigenvalue weighted by atomic mass is 10.2. The van der Waals surface area contributed by atoms with Crippen LogP contribution in [0.4, 0.5) is 5.82 Å². The summed E-state index contributed by atoms with van der Waals surface area (Å²) in [6, 6.07) is 18.4. The maximum atomic E-state index is 12.5. The number of amides is 1. The summed E-state index contributed by atoms with van der Waals surface area (Å²) < 4.78 is 7.53. The molecule has 0 saturated carbocycles. The third kappa shape index (κ3) is 3.63. The number of hydrogen-bond acceptors (Lipinski definition) is 3. The number of ether oxygens (including phenoxy) is 1. The lowest BCUT2D eigenvalue weighted by Crippen LogP contribution is -2.15. The first-order chi connectivity index (χ1) is 11.7. The Balaban J connectivity index is 1.76. The Morgan fingerprint density at radius 3 is 2.58 bits per heavy atom. The molecule has 1 N–H and O–H groups in total. The van der Waals surface area contributed by atoms with Gasteiger partial charge in [-0.3, -0.25) is 4.79 Å². The van der Waals surface area contributed by atoms with Crippen molar-refractivity contribution < 1.29 is 9.53 Å². The van der Waals surface area contributed by atoms with Crippen LogP contribution in [0.1, 0.15) is 23.0 Å². The van der Waals surface area contributed by atoms with Crippen LogP contribution in [0.3, 0.4) is 0 Å². The van der Waals surface area contributed by atoms with Crippen LogP contribution in [-0.2, 0) is 6.54 Å². The molecule has 0 unspecified atom stereocenters. The van der Waals surface area contributed by atoms with Gasteiger partial charge in [-0.15, -0.1) is 0 Å². The minimum atomic E-state index is -0.192. The molecule has 0 saturated heterocycles. The van der Waals surface area contributed by atoms with Crippen molar-refractivity contribution in [2.75, 3.05) is 5.32 Å². The zero-order chi connectivity index (χ0) is 16.9. The molecule has 0 atom stereocenters. The van der Waals surface area contributed by atoms with E-state index in [0.717, 1.165) is 11.4 Å². The van der Waals surface area contributed by atoms with Crippen LogP contribution >= 0.6 is 0 Å². The van der Waals surface area contributed by atoms with Crippen LogP contribution in [0.25, 0.3) is 0 Å². The minimum Gasteiger partial charge on any atom is -0.457 e.